The van der Waals surface area contributed by atoms with E-state index in [0.29, 0.717) is 19.1 Å². The Morgan fingerprint density at radius 2 is 1.91 bits per heavy atom. The van der Waals surface area contributed by atoms with Gasteiger partial charge < -0.3 is 15.4 Å². The molecule has 1 aromatic rings. The topological polar surface area (TPSA) is 50.9 Å². The average Bonchev–Trinajstić information content (AvgIpc) is 2.76. The first-order valence-corrected chi connectivity index (χ1v) is 7.98. The summed E-state index contributed by atoms with van der Waals surface area (Å²) >= 11 is 0. The Kier molecular flexibility index (Phi) is 8.60. The largest absolute Gasteiger partial charge is 0.494 e. The van der Waals surface area contributed by atoms with Crippen LogP contribution in [0.2, 0.25) is 0 Å². The molecule has 1 saturated heterocycles. The molecule has 22 heavy (non-hydrogen) atoms. The Labute approximate surface area is 151 Å². The number of nitrogens with zero attached hydrogens (tertiary/aromatic N) is 2. The highest BCUT2D eigenvalue weighted by molar-refractivity contribution is 14.0. The van der Waals surface area contributed by atoms with E-state index in [0.717, 1.165) is 24.4 Å². The fraction of sp³-hybridized carbons (Fsp3) is 0.588. The molecule has 0 saturated carbocycles. The van der Waals surface area contributed by atoms with Crippen molar-refractivity contribution in [3.8, 4) is 5.75 Å². The highest BCUT2D eigenvalue weighted by atomic mass is 127. The van der Waals surface area contributed by atoms with Gasteiger partial charge in [0, 0.05) is 13.1 Å². The number of likely N-dealkylation sites (tertiary alicyclic amines) is 1. The summed E-state index contributed by atoms with van der Waals surface area (Å²) < 4.78 is 5.56. The molecule has 0 aromatic heterocycles. The van der Waals surface area contributed by atoms with Gasteiger partial charge in [-0.05, 0) is 43.9 Å². The van der Waals surface area contributed by atoms with Gasteiger partial charge in [-0.2, -0.15) is 0 Å². The third-order valence-corrected chi connectivity index (χ3v) is 3.89. The first kappa shape index (κ1) is 19.1. The first-order valence-electron chi connectivity index (χ1n) is 7.98. The van der Waals surface area contributed by atoms with Gasteiger partial charge in [0.2, 0.25) is 0 Å². The summed E-state index contributed by atoms with van der Waals surface area (Å²) in [6.45, 7) is 7.47. The highest BCUT2D eigenvalue weighted by Gasteiger charge is 2.10. The Hall–Kier alpha value is -0.980. The molecule has 0 atom stereocenters. The van der Waals surface area contributed by atoms with Crippen molar-refractivity contribution in [1.29, 1.82) is 0 Å². The molecule has 5 heteroatoms. The zero-order chi connectivity index (χ0) is 15.1. The quantitative estimate of drug-likeness (QED) is 0.462. The van der Waals surface area contributed by atoms with Crippen LogP contribution in [0.4, 0.5) is 0 Å². The molecule has 1 heterocycles. The Bertz CT molecular complexity index is 483. The number of benzene rings is 1. The molecule has 2 rings (SSSR count). The Morgan fingerprint density at radius 1 is 1.23 bits per heavy atom. The number of rotatable bonds is 4. The molecule has 0 radical (unpaired) electrons. The van der Waals surface area contributed by atoms with E-state index in [-0.39, 0.29) is 24.0 Å². The summed E-state index contributed by atoms with van der Waals surface area (Å²) in [7, 11) is 0. The van der Waals surface area contributed by atoms with Gasteiger partial charge in [0.1, 0.15) is 5.75 Å². The Morgan fingerprint density at radius 3 is 2.50 bits per heavy atom. The summed E-state index contributed by atoms with van der Waals surface area (Å²) in [5, 5.41) is 0. The highest BCUT2D eigenvalue weighted by Crippen LogP contribution is 2.19. The normalized spacial score (nSPS) is 15.9. The lowest BCUT2D eigenvalue weighted by Crippen LogP contribution is -2.38. The van der Waals surface area contributed by atoms with Crippen LogP contribution in [-0.2, 0) is 6.54 Å². The van der Waals surface area contributed by atoms with E-state index >= 15 is 0 Å². The van der Waals surface area contributed by atoms with Gasteiger partial charge in [-0.25, -0.2) is 4.99 Å². The van der Waals surface area contributed by atoms with Crippen LogP contribution in [0.25, 0.3) is 0 Å². The van der Waals surface area contributed by atoms with Crippen molar-refractivity contribution in [3.05, 3.63) is 29.3 Å². The predicted octanol–water partition coefficient (Wildman–Crippen LogP) is 3.70. The van der Waals surface area contributed by atoms with Crippen LogP contribution in [0, 0.1) is 6.92 Å². The number of guanidine groups is 1. The van der Waals surface area contributed by atoms with Crippen LogP contribution >= 0.6 is 24.0 Å². The standard InChI is InChI=1S/C17H27N3O.HI/c1-3-21-16-9-8-15(12-14(16)2)13-19-17(18)20-10-6-4-5-7-11-20;/h8-9,12H,3-7,10-11,13H2,1-2H3,(H2,18,19);1H. The van der Waals surface area contributed by atoms with E-state index in [1.54, 1.807) is 0 Å². The zero-order valence-corrected chi connectivity index (χ0v) is 16.0. The average molecular weight is 417 g/mol. The number of halogens is 1. The smallest absolute Gasteiger partial charge is 0.191 e. The lowest BCUT2D eigenvalue weighted by molar-refractivity contribution is 0.338. The minimum absolute atomic E-state index is 0. The molecule has 0 bridgehead atoms. The van der Waals surface area contributed by atoms with Gasteiger partial charge >= 0.3 is 0 Å². The van der Waals surface area contributed by atoms with Crippen molar-refractivity contribution in [2.45, 2.75) is 46.1 Å². The maximum atomic E-state index is 6.13. The van der Waals surface area contributed by atoms with Gasteiger partial charge in [0.05, 0.1) is 13.2 Å². The second kappa shape index (κ2) is 9.92. The monoisotopic (exact) mass is 417 g/mol. The molecule has 124 valence electrons. The van der Waals surface area contributed by atoms with Crippen molar-refractivity contribution in [1.82, 2.24) is 4.90 Å². The molecule has 1 aliphatic rings. The van der Waals surface area contributed by atoms with E-state index in [9.17, 15) is 0 Å². The zero-order valence-electron chi connectivity index (χ0n) is 13.7. The first-order chi connectivity index (χ1) is 10.2. The molecule has 0 amide bonds. The van der Waals surface area contributed by atoms with Gasteiger partial charge in [0.15, 0.2) is 5.96 Å². The molecule has 0 unspecified atom stereocenters. The van der Waals surface area contributed by atoms with E-state index in [1.165, 1.54) is 31.2 Å². The van der Waals surface area contributed by atoms with Crippen LogP contribution in [-0.4, -0.2) is 30.6 Å². The summed E-state index contributed by atoms with van der Waals surface area (Å²) in [6, 6.07) is 6.22. The lowest BCUT2D eigenvalue weighted by Gasteiger charge is -2.21. The van der Waals surface area contributed by atoms with Gasteiger partial charge in [-0.1, -0.05) is 25.0 Å². The maximum Gasteiger partial charge on any atom is 0.191 e. The van der Waals surface area contributed by atoms with E-state index in [2.05, 4.69) is 28.9 Å². The fourth-order valence-electron chi connectivity index (χ4n) is 2.70. The summed E-state index contributed by atoms with van der Waals surface area (Å²) in [5.74, 6) is 1.63. The van der Waals surface area contributed by atoms with Crippen LogP contribution < -0.4 is 10.5 Å². The molecular weight excluding hydrogens is 389 g/mol. The predicted molar refractivity (Wildman–Crippen MR) is 103 cm³/mol. The minimum atomic E-state index is 0. The number of nitrogens with two attached hydrogens (primary N) is 1. The van der Waals surface area contributed by atoms with Crippen molar-refractivity contribution in [2.75, 3.05) is 19.7 Å². The van der Waals surface area contributed by atoms with Gasteiger partial charge in [-0.3, -0.25) is 0 Å². The summed E-state index contributed by atoms with van der Waals surface area (Å²) in [5.41, 5.74) is 8.46. The van der Waals surface area contributed by atoms with Crippen LogP contribution in [0.1, 0.15) is 43.7 Å². The lowest BCUT2D eigenvalue weighted by atomic mass is 10.1. The molecular formula is C17H28IN3O. The molecule has 1 aromatic carbocycles. The maximum absolute atomic E-state index is 6.13. The number of ether oxygens (including phenoxy) is 1. The van der Waals surface area contributed by atoms with E-state index < -0.39 is 0 Å². The molecule has 4 nitrogen and oxygen atoms in total. The summed E-state index contributed by atoms with van der Waals surface area (Å²) in [6.07, 6.45) is 5.06. The number of aliphatic imine (C=N–C) groups is 1. The molecule has 0 aliphatic carbocycles. The third kappa shape index (κ3) is 5.66. The fourth-order valence-corrected chi connectivity index (χ4v) is 2.70. The van der Waals surface area contributed by atoms with E-state index in [4.69, 9.17) is 10.5 Å². The van der Waals surface area contributed by atoms with E-state index in [1.807, 2.05) is 13.0 Å². The molecule has 1 aliphatic heterocycles. The van der Waals surface area contributed by atoms with Gasteiger partial charge in [0.25, 0.3) is 0 Å². The van der Waals surface area contributed by atoms with Gasteiger partial charge in [-0.15, -0.1) is 24.0 Å². The summed E-state index contributed by atoms with van der Waals surface area (Å²) in [4.78, 5) is 6.77. The Balaban J connectivity index is 0.00000242. The third-order valence-electron chi connectivity index (χ3n) is 3.89. The SMILES string of the molecule is CCOc1ccc(CN=C(N)N2CCCCCC2)cc1C.I. The van der Waals surface area contributed by atoms with Crippen LogP contribution in [0.15, 0.2) is 23.2 Å². The van der Waals surface area contributed by atoms with Crippen molar-refractivity contribution < 1.29 is 4.74 Å². The number of aryl methyl sites for hydroxylation is 1. The van der Waals surface area contributed by atoms with Crippen LogP contribution in [0.5, 0.6) is 5.75 Å². The van der Waals surface area contributed by atoms with Crippen LogP contribution in [0.3, 0.4) is 0 Å². The minimum Gasteiger partial charge on any atom is -0.494 e. The second-order valence-electron chi connectivity index (χ2n) is 5.61. The molecule has 2 N–H and O–H groups in total. The molecule has 0 spiro atoms. The van der Waals surface area contributed by atoms with Crippen molar-refractivity contribution in [3.63, 3.8) is 0 Å². The van der Waals surface area contributed by atoms with Crippen molar-refractivity contribution in [2.24, 2.45) is 10.7 Å². The second-order valence-corrected chi connectivity index (χ2v) is 5.61. The number of hydrogen-bond acceptors (Lipinski definition) is 2. The van der Waals surface area contributed by atoms with Crippen molar-refractivity contribution >= 4 is 29.9 Å². The number of hydrogen-bond donors (Lipinski definition) is 1. The molecule has 1 fully saturated rings.